The first-order valence-corrected chi connectivity index (χ1v) is 8.07. The smallest absolute Gasteiger partial charge is 0.230 e. The predicted octanol–water partition coefficient (Wildman–Crippen LogP) is 2.78. The van der Waals surface area contributed by atoms with E-state index in [1.54, 1.807) is 0 Å². The monoisotopic (exact) mass is 288 g/mol. The summed E-state index contributed by atoms with van der Waals surface area (Å²) < 4.78 is 0. The van der Waals surface area contributed by atoms with Gasteiger partial charge in [-0.2, -0.15) is 0 Å². The fourth-order valence-corrected chi connectivity index (χ4v) is 2.92. The lowest BCUT2D eigenvalue weighted by Crippen LogP contribution is -2.50. The van der Waals surface area contributed by atoms with Crippen molar-refractivity contribution in [2.45, 2.75) is 64.5 Å². The minimum atomic E-state index is -0.486. The van der Waals surface area contributed by atoms with Crippen molar-refractivity contribution in [3.63, 3.8) is 0 Å². The Morgan fingerprint density at radius 3 is 2.57 bits per heavy atom. The lowest BCUT2D eigenvalue weighted by Gasteiger charge is -2.32. The van der Waals surface area contributed by atoms with E-state index in [4.69, 9.17) is 0 Å². The van der Waals surface area contributed by atoms with E-state index in [0.717, 1.165) is 31.4 Å². The van der Waals surface area contributed by atoms with Crippen molar-refractivity contribution in [1.29, 1.82) is 0 Å². The van der Waals surface area contributed by atoms with Gasteiger partial charge in [-0.25, -0.2) is 0 Å². The van der Waals surface area contributed by atoms with Crippen molar-refractivity contribution in [3.8, 4) is 0 Å². The minimum Gasteiger partial charge on any atom is -0.353 e. The maximum absolute atomic E-state index is 12.7. The highest BCUT2D eigenvalue weighted by molar-refractivity contribution is 5.87. The fraction of sp³-hybridized carbons (Fsp3) is 0.611. The first kappa shape index (κ1) is 16.0. The third kappa shape index (κ3) is 3.85. The topological polar surface area (TPSA) is 41.1 Å². The predicted molar refractivity (Wildman–Crippen MR) is 87.5 cm³/mol. The summed E-state index contributed by atoms with van der Waals surface area (Å²) in [4.78, 5) is 12.7. The van der Waals surface area contributed by atoms with Crippen LogP contribution in [0.4, 0.5) is 0 Å². The van der Waals surface area contributed by atoms with Crippen molar-refractivity contribution < 1.29 is 4.79 Å². The van der Waals surface area contributed by atoms with Crippen LogP contribution in [0, 0.1) is 0 Å². The minimum absolute atomic E-state index is 0.130. The van der Waals surface area contributed by atoms with Gasteiger partial charge < -0.3 is 10.6 Å². The molecule has 0 saturated carbocycles. The largest absolute Gasteiger partial charge is 0.353 e. The summed E-state index contributed by atoms with van der Waals surface area (Å²) >= 11 is 0. The summed E-state index contributed by atoms with van der Waals surface area (Å²) in [5.74, 6) is 0.130. The summed E-state index contributed by atoms with van der Waals surface area (Å²) in [5, 5.41) is 6.65. The van der Waals surface area contributed by atoms with Gasteiger partial charge in [-0.15, -0.1) is 0 Å². The normalized spacial score (nSPS) is 22.9. The maximum Gasteiger partial charge on any atom is 0.230 e. The molecule has 1 saturated heterocycles. The molecule has 2 N–H and O–H groups in total. The number of carbonyl (C=O) groups excluding carboxylic acids is 1. The van der Waals surface area contributed by atoms with E-state index < -0.39 is 5.41 Å². The lowest BCUT2D eigenvalue weighted by molar-refractivity contribution is -0.126. The molecular weight excluding hydrogens is 260 g/mol. The number of rotatable bonds is 4. The van der Waals surface area contributed by atoms with E-state index in [9.17, 15) is 4.79 Å². The van der Waals surface area contributed by atoms with Crippen LogP contribution >= 0.6 is 0 Å². The number of amides is 1. The van der Waals surface area contributed by atoms with Crippen molar-refractivity contribution in [3.05, 3.63) is 35.4 Å². The molecule has 1 fully saturated rings. The average molecular weight is 288 g/mol. The molecule has 2 unspecified atom stereocenters. The second kappa shape index (κ2) is 6.61. The van der Waals surface area contributed by atoms with Gasteiger partial charge >= 0.3 is 0 Å². The van der Waals surface area contributed by atoms with Crippen LogP contribution in [0.15, 0.2) is 24.3 Å². The number of nitrogens with one attached hydrogen (secondary N) is 2. The van der Waals surface area contributed by atoms with E-state index in [1.165, 1.54) is 5.56 Å². The van der Waals surface area contributed by atoms with E-state index >= 15 is 0 Å². The van der Waals surface area contributed by atoms with Crippen LogP contribution in [0.25, 0.3) is 0 Å². The molecule has 3 nitrogen and oxygen atoms in total. The molecule has 1 heterocycles. The zero-order valence-corrected chi connectivity index (χ0v) is 13.7. The molecule has 0 aromatic heterocycles. The van der Waals surface area contributed by atoms with Crippen molar-refractivity contribution in [2.24, 2.45) is 0 Å². The van der Waals surface area contributed by atoms with Gasteiger partial charge in [-0.1, -0.05) is 31.2 Å². The van der Waals surface area contributed by atoms with E-state index in [0.29, 0.717) is 12.1 Å². The molecule has 1 aromatic rings. The third-order valence-electron chi connectivity index (χ3n) is 4.61. The summed E-state index contributed by atoms with van der Waals surface area (Å²) in [6.07, 6.45) is 3.05. The van der Waals surface area contributed by atoms with E-state index in [2.05, 4.69) is 48.7 Å². The molecule has 2 atom stereocenters. The van der Waals surface area contributed by atoms with Gasteiger partial charge in [0.05, 0.1) is 5.41 Å². The van der Waals surface area contributed by atoms with Gasteiger partial charge in [0, 0.05) is 12.1 Å². The standard InChI is InChI=1S/C18H28N2O/c1-5-14-6-8-15(9-7-14)18(3,4)17(21)20-16-10-11-19-13(2)12-16/h6-9,13,16,19H,5,10-12H2,1-4H3,(H,20,21). The second-order valence-electron chi connectivity index (χ2n) is 6.73. The van der Waals surface area contributed by atoms with E-state index in [1.807, 2.05) is 13.8 Å². The van der Waals surface area contributed by atoms with E-state index in [-0.39, 0.29) is 5.91 Å². The summed E-state index contributed by atoms with van der Waals surface area (Å²) in [5.41, 5.74) is 1.90. The highest BCUT2D eigenvalue weighted by Gasteiger charge is 2.32. The Kier molecular flexibility index (Phi) is 5.04. The van der Waals surface area contributed by atoms with Gasteiger partial charge in [0.1, 0.15) is 0 Å². The molecule has 1 amide bonds. The molecule has 21 heavy (non-hydrogen) atoms. The molecule has 1 aliphatic rings. The molecule has 0 radical (unpaired) electrons. The Labute approximate surface area is 128 Å². The SMILES string of the molecule is CCc1ccc(C(C)(C)C(=O)NC2CCNC(C)C2)cc1. The Morgan fingerprint density at radius 2 is 2.00 bits per heavy atom. The van der Waals surface area contributed by atoms with Crippen LogP contribution in [-0.4, -0.2) is 24.5 Å². The molecular formula is C18H28N2O. The summed E-state index contributed by atoms with van der Waals surface area (Å²) in [7, 11) is 0. The van der Waals surface area contributed by atoms with Gasteiger partial charge in [0.2, 0.25) is 5.91 Å². The molecule has 0 bridgehead atoms. The number of hydrogen-bond donors (Lipinski definition) is 2. The highest BCUT2D eigenvalue weighted by Crippen LogP contribution is 2.24. The van der Waals surface area contributed by atoms with Crippen LogP contribution in [-0.2, 0) is 16.6 Å². The quantitative estimate of drug-likeness (QED) is 0.894. The summed E-state index contributed by atoms with van der Waals surface area (Å²) in [6.45, 7) is 9.32. The molecule has 0 spiro atoms. The number of hydrogen-bond acceptors (Lipinski definition) is 2. The lowest BCUT2D eigenvalue weighted by atomic mass is 9.82. The first-order valence-electron chi connectivity index (χ1n) is 8.07. The Hall–Kier alpha value is -1.35. The number of benzene rings is 1. The third-order valence-corrected chi connectivity index (χ3v) is 4.61. The Morgan fingerprint density at radius 1 is 1.33 bits per heavy atom. The Balaban J connectivity index is 2.04. The van der Waals surface area contributed by atoms with Gasteiger partial charge in [-0.3, -0.25) is 4.79 Å². The van der Waals surface area contributed by atoms with Gasteiger partial charge in [0.15, 0.2) is 0 Å². The van der Waals surface area contributed by atoms with Gasteiger partial charge in [0.25, 0.3) is 0 Å². The molecule has 116 valence electrons. The Bertz CT molecular complexity index is 478. The molecule has 1 aromatic carbocycles. The zero-order chi connectivity index (χ0) is 15.5. The zero-order valence-electron chi connectivity index (χ0n) is 13.7. The van der Waals surface area contributed by atoms with Gasteiger partial charge in [-0.05, 0) is 57.7 Å². The van der Waals surface area contributed by atoms with Crippen molar-refractivity contribution in [2.75, 3.05) is 6.54 Å². The molecule has 3 heteroatoms. The second-order valence-corrected chi connectivity index (χ2v) is 6.73. The van der Waals surface area contributed by atoms with Crippen molar-refractivity contribution >= 4 is 5.91 Å². The van der Waals surface area contributed by atoms with Crippen LogP contribution < -0.4 is 10.6 Å². The fourth-order valence-electron chi connectivity index (χ4n) is 2.92. The maximum atomic E-state index is 12.7. The summed E-state index contributed by atoms with van der Waals surface area (Å²) in [6, 6.07) is 9.19. The van der Waals surface area contributed by atoms with Crippen LogP contribution in [0.2, 0.25) is 0 Å². The molecule has 2 rings (SSSR count). The first-order chi connectivity index (χ1) is 9.93. The van der Waals surface area contributed by atoms with Crippen LogP contribution in [0.1, 0.15) is 51.7 Å². The number of aryl methyl sites for hydroxylation is 1. The van der Waals surface area contributed by atoms with Crippen molar-refractivity contribution in [1.82, 2.24) is 10.6 Å². The molecule has 1 aliphatic heterocycles. The van der Waals surface area contributed by atoms with Crippen LogP contribution in [0.5, 0.6) is 0 Å². The average Bonchev–Trinajstić information content (AvgIpc) is 2.47. The number of carbonyl (C=O) groups is 1. The molecule has 0 aliphatic carbocycles. The van der Waals surface area contributed by atoms with Crippen LogP contribution in [0.3, 0.4) is 0 Å². The number of piperidine rings is 1. The highest BCUT2D eigenvalue weighted by atomic mass is 16.2.